The molecule has 0 unspecified atom stereocenters. The summed E-state index contributed by atoms with van der Waals surface area (Å²) in [6.45, 7) is 11.5. The van der Waals surface area contributed by atoms with Crippen LogP contribution in [0.3, 0.4) is 0 Å². The molecule has 0 atom stereocenters. The molecule has 0 aliphatic carbocycles. The van der Waals surface area contributed by atoms with Crippen LogP contribution in [0.5, 0.6) is 0 Å². The Balaban J connectivity index is 1.27. The van der Waals surface area contributed by atoms with E-state index in [1.807, 2.05) is 0 Å². The Morgan fingerprint density at radius 3 is 1.51 bits per heavy atom. The second-order valence-corrected chi connectivity index (χ2v) is 16.3. The number of fused-ring (bicyclic) bond motifs is 3. The number of rotatable bonds is 4. The first-order valence-corrected chi connectivity index (χ1v) is 19.0. The van der Waals surface area contributed by atoms with Crippen LogP contribution in [0.4, 0.5) is 0 Å². The molecule has 0 aliphatic rings. The van der Waals surface area contributed by atoms with Crippen LogP contribution in [0, 0.1) is 0 Å². The van der Waals surface area contributed by atoms with Gasteiger partial charge in [0, 0.05) is 0 Å². The van der Waals surface area contributed by atoms with Crippen molar-refractivity contribution in [2.75, 3.05) is 0 Å². The zero-order chi connectivity index (χ0) is 36.0. The van der Waals surface area contributed by atoms with Gasteiger partial charge in [-0.1, -0.05) is 192 Å². The summed E-state index contributed by atoms with van der Waals surface area (Å²) in [7, 11) is 0. The minimum Gasteiger partial charge on any atom is -0.0616 e. The molecule has 0 heterocycles. The Kier molecular flexibility index (Phi) is 7.05. The molecule has 0 aliphatic heterocycles. The van der Waals surface area contributed by atoms with Crippen molar-refractivity contribution in [3.8, 4) is 33.4 Å². The van der Waals surface area contributed by atoms with Gasteiger partial charge in [-0.25, -0.2) is 0 Å². The van der Waals surface area contributed by atoms with Crippen LogP contribution >= 0.6 is 0 Å². The molecule has 10 aromatic rings. The normalized spacial score (nSPS) is 12.4. The number of hydrogen-bond acceptors (Lipinski definition) is 0. The minimum absolute atomic E-state index is 0.104. The molecule has 10 rings (SSSR count). The van der Waals surface area contributed by atoms with Gasteiger partial charge in [-0.2, -0.15) is 0 Å². The summed E-state index contributed by atoms with van der Waals surface area (Å²) in [4.78, 5) is 0. The molecular weight excluding hydrogens is 637 g/mol. The van der Waals surface area contributed by atoms with Gasteiger partial charge in [0.2, 0.25) is 0 Å². The van der Waals surface area contributed by atoms with E-state index in [0.29, 0.717) is 5.92 Å². The molecule has 0 N–H and O–H groups in total. The van der Waals surface area contributed by atoms with Crippen LogP contribution in [-0.2, 0) is 5.41 Å². The first kappa shape index (κ1) is 31.7. The third-order valence-electron chi connectivity index (χ3n) is 11.8. The highest BCUT2D eigenvalue weighted by Crippen LogP contribution is 2.48. The van der Waals surface area contributed by atoms with Crippen molar-refractivity contribution in [3.05, 3.63) is 169 Å². The Bertz CT molecular complexity index is 2970. The first-order chi connectivity index (χ1) is 25.8. The Morgan fingerprint density at radius 1 is 0.377 bits per heavy atom. The van der Waals surface area contributed by atoms with Gasteiger partial charge < -0.3 is 0 Å². The summed E-state index contributed by atoms with van der Waals surface area (Å²) in [5.41, 5.74) is 10.5. The van der Waals surface area contributed by atoms with Gasteiger partial charge in [-0.15, -0.1) is 0 Å². The molecule has 0 heteroatoms. The van der Waals surface area contributed by atoms with Crippen molar-refractivity contribution in [1.29, 1.82) is 0 Å². The highest BCUT2D eigenvalue weighted by atomic mass is 14.2. The Morgan fingerprint density at radius 2 is 0.887 bits per heavy atom. The van der Waals surface area contributed by atoms with E-state index in [1.165, 1.54) is 109 Å². The second-order valence-electron chi connectivity index (χ2n) is 16.3. The van der Waals surface area contributed by atoms with Crippen molar-refractivity contribution in [2.24, 2.45) is 0 Å². The Labute approximate surface area is 311 Å². The number of hydrogen-bond donors (Lipinski definition) is 0. The third kappa shape index (κ3) is 4.89. The van der Waals surface area contributed by atoms with Gasteiger partial charge in [-0.3, -0.25) is 0 Å². The van der Waals surface area contributed by atoms with Gasteiger partial charge in [0.05, 0.1) is 0 Å². The maximum atomic E-state index is 2.46. The van der Waals surface area contributed by atoms with Crippen LogP contribution in [-0.4, -0.2) is 0 Å². The SMILES string of the molecule is CC(C)c1ccc2c(-c3c4ccccc4c(-c4ccc(C(C)(C)C)cc4)c4ccccc34)ccc(-c3ccc4ccc5cccc6ccc3c4c56)c2c1. The summed E-state index contributed by atoms with van der Waals surface area (Å²) < 4.78 is 0. The fourth-order valence-corrected chi connectivity index (χ4v) is 9.01. The van der Waals surface area contributed by atoms with Crippen molar-refractivity contribution < 1.29 is 0 Å². The molecule has 0 fully saturated rings. The summed E-state index contributed by atoms with van der Waals surface area (Å²) in [5.74, 6) is 0.419. The molecule has 0 amide bonds. The Hall–Kier alpha value is -5.98. The van der Waals surface area contributed by atoms with Gasteiger partial charge in [0.15, 0.2) is 0 Å². The predicted molar refractivity (Wildman–Crippen MR) is 232 cm³/mol. The highest BCUT2D eigenvalue weighted by molar-refractivity contribution is 6.28. The van der Waals surface area contributed by atoms with Gasteiger partial charge in [0.1, 0.15) is 0 Å². The van der Waals surface area contributed by atoms with Crippen molar-refractivity contribution in [2.45, 2.75) is 46.0 Å². The maximum absolute atomic E-state index is 2.46. The predicted octanol–water partition coefficient (Wildman–Crippen LogP) is 15.5. The monoisotopic (exact) mass is 678 g/mol. The number of benzene rings is 10. The fourth-order valence-electron chi connectivity index (χ4n) is 9.01. The second kappa shape index (κ2) is 11.8. The largest absolute Gasteiger partial charge is 0.0616 e. The fraction of sp³-hybridized carbons (Fsp3) is 0.132. The molecule has 10 aromatic carbocycles. The van der Waals surface area contributed by atoms with Crippen LogP contribution in [0.15, 0.2) is 158 Å². The van der Waals surface area contributed by atoms with Crippen LogP contribution in [0.2, 0.25) is 0 Å². The molecule has 0 saturated carbocycles. The average Bonchev–Trinajstić information content (AvgIpc) is 3.18. The lowest BCUT2D eigenvalue weighted by Crippen LogP contribution is -2.10. The summed E-state index contributed by atoms with van der Waals surface area (Å²) in [6.07, 6.45) is 0. The summed E-state index contributed by atoms with van der Waals surface area (Å²) >= 11 is 0. The van der Waals surface area contributed by atoms with E-state index in [2.05, 4.69) is 192 Å². The molecule has 0 spiro atoms. The zero-order valence-electron chi connectivity index (χ0n) is 31.1. The van der Waals surface area contributed by atoms with E-state index < -0.39 is 0 Å². The summed E-state index contributed by atoms with van der Waals surface area (Å²) in [5, 5.41) is 15.7. The van der Waals surface area contributed by atoms with E-state index in [-0.39, 0.29) is 5.41 Å². The van der Waals surface area contributed by atoms with E-state index in [1.54, 1.807) is 0 Å². The molecule has 0 bridgehead atoms. The van der Waals surface area contributed by atoms with Crippen LogP contribution in [0.1, 0.15) is 51.7 Å². The molecule has 254 valence electrons. The van der Waals surface area contributed by atoms with Gasteiger partial charge in [-0.05, 0) is 120 Å². The van der Waals surface area contributed by atoms with Crippen LogP contribution in [0.25, 0.3) is 98.0 Å². The van der Waals surface area contributed by atoms with E-state index in [4.69, 9.17) is 0 Å². The smallest absolute Gasteiger partial charge is 0.00201 e. The lowest BCUT2D eigenvalue weighted by Gasteiger charge is -2.22. The van der Waals surface area contributed by atoms with Gasteiger partial charge in [0.25, 0.3) is 0 Å². The quantitative estimate of drug-likeness (QED) is 0.128. The van der Waals surface area contributed by atoms with Crippen LogP contribution < -0.4 is 0 Å². The molecule has 0 nitrogen and oxygen atoms in total. The minimum atomic E-state index is 0.104. The van der Waals surface area contributed by atoms with E-state index >= 15 is 0 Å². The van der Waals surface area contributed by atoms with E-state index in [0.717, 1.165) is 0 Å². The van der Waals surface area contributed by atoms with E-state index in [9.17, 15) is 0 Å². The zero-order valence-corrected chi connectivity index (χ0v) is 31.1. The third-order valence-corrected chi connectivity index (χ3v) is 11.8. The average molecular weight is 679 g/mol. The van der Waals surface area contributed by atoms with Crippen molar-refractivity contribution in [3.63, 3.8) is 0 Å². The lowest BCUT2D eigenvalue weighted by molar-refractivity contribution is 0.590. The maximum Gasteiger partial charge on any atom is -0.00201 e. The molecule has 53 heavy (non-hydrogen) atoms. The lowest BCUT2D eigenvalue weighted by atomic mass is 9.82. The van der Waals surface area contributed by atoms with Crippen molar-refractivity contribution in [1.82, 2.24) is 0 Å². The van der Waals surface area contributed by atoms with Gasteiger partial charge >= 0.3 is 0 Å². The molecule has 0 saturated heterocycles. The summed E-state index contributed by atoms with van der Waals surface area (Å²) in [6, 6.07) is 59.9. The van der Waals surface area contributed by atoms with Crippen molar-refractivity contribution >= 4 is 64.6 Å². The molecular formula is C53H42. The molecule has 0 aromatic heterocycles. The standard InChI is InChI=1S/C53H42/c1-32(2)37-23-27-41-47(30-29-40(48(41)31-37)39-26-21-36-18-17-33-11-10-12-34-22-28-46(39)51(36)49(33)34)52-44-15-8-6-13-42(44)50(43-14-7-9-16-45(43)52)35-19-24-38(25-20-35)53(3,4)5/h6-32H,1-5H3. The topological polar surface area (TPSA) is 0 Å². The highest BCUT2D eigenvalue weighted by Gasteiger charge is 2.21. The molecule has 0 radical (unpaired) electrons. The first-order valence-electron chi connectivity index (χ1n) is 19.0.